The molecule has 2 amide bonds. The summed E-state index contributed by atoms with van der Waals surface area (Å²) in [5.74, 6) is 0.829. The summed E-state index contributed by atoms with van der Waals surface area (Å²) in [5, 5.41) is 9.90. The molecule has 7 nitrogen and oxygen atoms in total. The van der Waals surface area contributed by atoms with E-state index in [1.807, 2.05) is 50.3 Å². The van der Waals surface area contributed by atoms with Gasteiger partial charge in [-0.15, -0.1) is 0 Å². The zero-order valence-electron chi connectivity index (χ0n) is 13.2. The normalized spacial score (nSPS) is 13.8. The second kappa shape index (κ2) is 7.65. The van der Waals surface area contributed by atoms with Crippen LogP contribution in [-0.2, 0) is 6.54 Å². The quantitative estimate of drug-likeness (QED) is 0.812. The Hall–Kier alpha value is -2.28. The number of rotatable bonds is 7. The summed E-state index contributed by atoms with van der Waals surface area (Å²) >= 11 is 0. The molecule has 0 aliphatic carbocycles. The number of amides is 2. The number of hydrogen-bond donors (Lipinski definition) is 2. The van der Waals surface area contributed by atoms with Gasteiger partial charge in [0.05, 0.1) is 18.8 Å². The maximum atomic E-state index is 12.0. The number of likely N-dealkylation sites (N-methyl/N-ethyl adjacent to an activating group) is 1. The number of aromatic nitrogens is 2. The number of furan rings is 1. The van der Waals surface area contributed by atoms with Crippen LogP contribution < -0.4 is 10.6 Å². The lowest BCUT2D eigenvalue weighted by Gasteiger charge is -2.23. The smallest absolute Gasteiger partial charge is 0.315 e. The van der Waals surface area contributed by atoms with Crippen LogP contribution in [0.4, 0.5) is 4.79 Å². The highest BCUT2D eigenvalue weighted by atomic mass is 16.3. The molecule has 2 heterocycles. The van der Waals surface area contributed by atoms with Crippen molar-refractivity contribution < 1.29 is 9.21 Å². The molecule has 2 N–H and O–H groups in total. The lowest BCUT2D eigenvalue weighted by Crippen LogP contribution is -2.45. The molecule has 2 rings (SSSR count). The molecule has 2 aromatic rings. The molecule has 2 atom stereocenters. The molecular formula is C15H23N5O2. The average Bonchev–Trinajstić information content (AvgIpc) is 3.11. The van der Waals surface area contributed by atoms with Gasteiger partial charge in [0.2, 0.25) is 0 Å². The van der Waals surface area contributed by atoms with Crippen LogP contribution in [0, 0.1) is 0 Å². The van der Waals surface area contributed by atoms with Crippen molar-refractivity contribution in [3.8, 4) is 0 Å². The van der Waals surface area contributed by atoms with Crippen molar-refractivity contribution in [2.45, 2.75) is 25.6 Å². The Morgan fingerprint density at radius 2 is 2.27 bits per heavy atom. The second-order valence-electron chi connectivity index (χ2n) is 5.48. The van der Waals surface area contributed by atoms with E-state index in [-0.39, 0.29) is 18.1 Å². The SMILES string of the molecule is C[C@@H](Cn1cccn1)NC(=O)NC[C@H](c1ccco1)N(C)C. The van der Waals surface area contributed by atoms with Crippen LogP contribution in [0.2, 0.25) is 0 Å². The van der Waals surface area contributed by atoms with Gasteiger partial charge in [-0.05, 0) is 39.2 Å². The fraction of sp³-hybridized carbons (Fsp3) is 0.467. The summed E-state index contributed by atoms with van der Waals surface area (Å²) < 4.78 is 7.20. The highest BCUT2D eigenvalue weighted by molar-refractivity contribution is 5.74. The molecule has 7 heteroatoms. The topological polar surface area (TPSA) is 75.3 Å². The van der Waals surface area contributed by atoms with E-state index in [4.69, 9.17) is 4.42 Å². The molecule has 0 unspecified atom stereocenters. The minimum absolute atomic E-state index is 0.00201. The van der Waals surface area contributed by atoms with Crippen LogP contribution in [0.25, 0.3) is 0 Å². The number of urea groups is 1. The van der Waals surface area contributed by atoms with Gasteiger partial charge in [0.15, 0.2) is 0 Å². The highest BCUT2D eigenvalue weighted by Crippen LogP contribution is 2.17. The monoisotopic (exact) mass is 305 g/mol. The first-order chi connectivity index (χ1) is 10.6. The number of nitrogens with zero attached hydrogens (tertiary/aromatic N) is 3. The predicted octanol–water partition coefficient (Wildman–Crippen LogP) is 1.47. The highest BCUT2D eigenvalue weighted by Gasteiger charge is 2.18. The third kappa shape index (κ3) is 4.63. The van der Waals surface area contributed by atoms with Crippen LogP contribution in [0.3, 0.4) is 0 Å². The Morgan fingerprint density at radius 1 is 1.45 bits per heavy atom. The number of carbonyl (C=O) groups is 1. The summed E-state index contributed by atoms with van der Waals surface area (Å²) in [4.78, 5) is 14.0. The molecule has 22 heavy (non-hydrogen) atoms. The number of hydrogen-bond acceptors (Lipinski definition) is 4. The predicted molar refractivity (Wildman–Crippen MR) is 83.4 cm³/mol. The summed E-state index contributed by atoms with van der Waals surface area (Å²) in [6.45, 7) is 3.05. The summed E-state index contributed by atoms with van der Waals surface area (Å²) in [5.41, 5.74) is 0. The van der Waals surface area contributed by atoms with Gasteiger partial charge in [-0.3, -0.25) is 9.58 Å². The Labute approximate surface area is 130 Å². The molecule has 0 spiro atoms. The summed E-state index contributed by atoms with van der Waals surface area (Å²) in [6.07, 6.45) is 5.23. The van der Waals surface area contributed by atoms with Crippen molar-refractivity contribution in [3.63, 3.8) is 0 Å². The summed E-state index contributed by atoms with van der Waals surface area (Å²) in [6, 6.07) is 5.40. The van der Waals surface area contributed by atoms with Crippen LogP contribution in [0.5, 0.6) is 0 Å². The zero-order valence-corrected chi connectivity index (χ0v) is 13.2. The van der Waals surface area contributed by atoms with Crippen molar-refractivity contribution in [1.82, 2.24) is 25.3 Å². The van der Waals surface area contributed by atoms with Gasteiger partial charge in [-0.1, -0.05) is 0 Å². The Morgan fingerprint density at radius 3 is 2.86 bits per heavy atom. The fourth-order valence-corrected chi connectivity index (χ4v) is 2.22. The molecule has 0 radical (unpaired) electrons. The van der Waals surface area contributed by atoms with Crippen LogP contribution in [0.1, 0.15) is 18.7 Å². The van der Waals surface area contributed by atoms with E-state index in [0.717, 1.165) is 5.76 Å². The Balaban J connectivity index is 1.78. The largest absolute Gasteiger partial charge is 0.468 e. The maximum Gasteiger partial charge on any atom is 0.315 e. The minimum atomic E-state index is -0.196. The summed E-state index contributed by atoms with van der Waals surface area (Å²) in [7, 11) is 3.90. The van der Waals surface area contributed by atoms with Crippen molar-refractivity contribution in [3.05, 3.63) is 42.6 Å². The first-order valence-corrected chi connectivity index (χ1v) is 7.28. The van der Waals surface area contributed by atoms with Gasteiger partial charge in [0.25, 0.3) is 0 Å². The molecule has 0 fully saturated rings. The fourth-order valence-electron chi connectivity index (χ4n) is 2.22. The van der Waals surface area contributed by atoms with E-state index in [1.165, 1.54) is 0 Å². The molecule has 0 aromatic carbocycles. The van der Waals surface area contributed by atoms with Gasteiger partial charge in [-0.25, -0.2) is 4.79 Å². The third-order valence-electron chi connectivity index (χ3n) is 3.35. The first kappa shape index (κ1) is 16.1. The van der Waals surface area contributed by atoms with Crippen molar-refractivity contribution in [2.75, 3.05) is 20.6 Å². The second-order valence-corrected chi connectivity index (χ2v) is 5.48. The third-order valence-corrected chi connectivity index (χ3v) is 3.35. The van der Waals surface area contributed by atoms with Gasteiger partial charge in [-0.2, -0.15) is 5.10 Å². The molecule has 0 aliphatic rings. The lowest BCUT2D eigenvalue weighted by atomic mass is 10.2. The molecule has 0 saturated heterocycles. The Bertz CT molecular complexity index is 551. The van der Waals surface area contributed by atoms with E-state index in [1.54, 1.807) is 17.1 Å². The Kier molecular flexibility index (Phi) is 5.60. The molecule has 2 aromatic heterocycles. The van der Waals surface area contributed by atoms with Gasteiger partial charge >= 0.3 is 6.03 Å². The van der Waals surface area contributed by atoms with Crippen LogP contribution in [0.15, 0.2) is 41.3 Å². The van der Waals surface area contributed by atoms with E-state index in [2.05, 4.69) is 15.7 Å². The maximum absolute atomic E-state index is 12.0. The number of carbonyl (C=O) groups excluding carboxylic acids is 1. The first-order valence-electron chi connectivity index (χ1n) is 7.28. The average molecular weight is 305 g/mol. The number of nitrogens with one attached hydrogen (secondary N) is 2. The van der Waals surface area contributed by atoms with E-state index in [0.29, 0.717) is 13.1 Å². The molecular weight excluding hydrogens is 282 g/mol. The van der Waals surface area contributed by atoms with Gasteiger partial charge < -0.3 is 15.1 Å². The van der Waals surface area contributed by atoms with Gasteiger partial charge in [0, 0.05) is 25.0 Å². The molecule has 120 valence electrons. The van der Waals surface area contributed by atoms with Crippen LogP contribution in [-0.4, -0.2) is 47.4 Å². The molecule has 0 bridgehead atoms. The van der Waals surface area contributed by atoms with Crippen molar-refractivity contribution in [1.29, 1.82) is 0 Å². The standard InChI is InChI=1S/C15H23N5O2/c1-12(11-20-8-5-7-17-20)18-15(21)16-10-13(19(2)3)14-6-4-9-22-14/h4-9,12-13H,10-11H2,1-3H3,(H2,16,18,21)/t12-,13+/m0/s1. The van der Waals surface area contributed by atoms with E-state index >= 15 is 0 Å². The lowest BCUT2D eigenvalue weighted by molar-refractivity contribution is 0.222. The molecule has 0 aliphatic heterocycles. The van der Waals surface area contributed by atoms with Gasteiger partial charge in [0.1, 0.15) is 5.76 Å². The van der Waals surface area contributed by atoms with Crippen molar-refractivity contribution in [2.24, 2.45) is 0 Å². The van der Waals surface area contributed by atoms with E-state index in [9.17, 15) is 4.79 Å². The van der Waals surface area contributed by atoms with E-state index < -0.39 is 0 Å². The minimum Gasteiger partial charge on any atom is -0.468 e. The molecule has 0 saturated carbocycles. The van der Waals surface area contributed by atoms with Crippen molar-refractivity contribution >= 4 is 6.03 Å². The van der Waals surface area contributed by atoms with Crippen LogP contribution >= 0.6 is 0 Å². The zero-order chi connectivity index (χ0) is 15.9.